The zero-order valence-electron chi connectivity index (χ0n) is 9.44. The number of nitrogens with zero attached hydrogens (tertiary/aromatic N) is 2. The van der Waals surface area contributed by atoms with E-state index in [1.165, 1.54) is 0 Å². The third-order valence-corrected chi connectivity index (χ3v) is 2.93. The maximum absolute atomic E-state index is 11.7. The number of carbonyl (C=O) groups is 2. The standard InChI is InChI=1S/C10H17N3O2.ClH/c1-11-6-9(14)12-4-5-13(8-2-3-8)10(15)7-12;/h8,11H,2-7H2,1H3;1H. The van der Waals surface area contributed by atoms with Crippen LogP contribution >= 0.6 is 12.4 Å². The number of nitrogens with one attached hydrogen (secondary N) is 1. The Bertz CT molecular complexity index is 281. The Morgan fingerprint density at radius 1 is 1.44 bits per heavy atom. The van der Waals surface area contributed by atoms with Crippen LogP contribution in [0.1, 0.15) is 12.8 Å². The van der Waals surface area contributed by atoms with Gasteiger partial charge in [-0.25, -0.2) is 0 Å². The zero-order chi connectivity index (χ0) is 10.8. The Hall–Kier alpha value is -0.810. The molecule has 1 aliphatic heterocycles. The topological polar surface area (TPSA) is 52.7 Å². The molecule has 2 rings (SSSR count). The van der Waals surface area contributed by atoms with Gasteiger partial charge in [0.15, 0.2) is 0 Å². The van der Waals surface area contributed by atoms with Gasteiger partial charge in [-0.1, -0.05) is 0 Å². The quantitative estimate of drug-likeness (QED) is 0.729. The van der Waals surface area contributed by atoms with Gasteiger partial charge in [0.25, 0.3) is 0 Å². The van der Waals surface area contributed by atoms with Gasteiger partial charge in [-0.2, -0.15) is 0 Å². The molecule has 1 N–H and O–H groups in total. The zero-order valence-corrected chi connectivity index (χ0v) is 10.3. The van der Waals surface area contributed by atoms with Crippen LogP contribution in [-0.2, 0) is 9.59 Å². The fraction of sp³-hybridized carbons (Fsp3) is 0.800. The van der Waals surface area contributed by atoms with E-state index in [0.717, 1.165) is 12.8 Å². The van der Waals surface area contributed by atoms with Crippen LogP contribution in [0.3, 0.4) is 0 Å². The molecular formula is C10H18ClN3O2. The number of carbonyl (C=O) groups excluding carboxylic acids is 2. The molecule has 0 aromatic carbocycles. The van der Waals surface area contributed by atoms with E-state index >= 15 is 0 Å². The van der Waals surface area contributed by atoms with Gasteiger partial charge < -0.3 is 15.1 Å². The first-order valence-corrected chi connectivity index (χ1v) is 5.44. The van der Waals surface area contributed by atoms with E-state index in [9.17, 15) is 9.59 Å². The molecule has 2 fully saturated rings. The lowest BCUT2D eigenvalue weighted by Crippen LogP contribution is -2.54. The normalized spacial score (nSPS) is 20.7. The molecule has 16 heavy (non-hydrogen) atoms. The molecule has 92 valence electrons. The molecule has 0 aromatic rings. The van der Waals surface area contributed by atoms with E-state index in [0.29, 0.717) is 25.7 Å². The van der Waals surface area contributed by atoms with Gasteiger partial charge in [-0.3, -0.25) is 9.59 Å². The smallest absolute Gasteiger partial charge is 0.242 e. The van der Waals surface area contributed by atoms with Crippen molar-refractivity contribution in [1.29, 1.82) is 0 Å². The Balaban J connectivity index is 0.00000128. The van der Waals surface area contributed by atoms with Crippen molar-refractivity contribution in [2.45, 2.75) is 18.9 Å². The summed E-state index contributed by atoms with van der Waals surface area (Å²) in [5, 5.41) is 2.81. The molecule has 5 nitrogen and oxygen atoms in total. The molecule has 0 atom stereocenters. The van der Waals surface area contributed by atoms with E-state index in [-0.39, 0.29) is 30.8 Å². The fourth-order valence-electron chi connectivity index (χ4n) is 1.93. The second-order valence-electron chi connectivity index (χ2n) is 4.16. The largest absolute Gasteiger partial charge is 0.336 e. The van der Waals surface area contributed by atoms with E-state index in [4.69, 9.17) is 0 Å². The molecule has 1 aliphatic carbocycles. The molecule has 0 bridgehead atoms. The van der Waals surface area contributed by atoms with E-state index in [1.54, 1.807) is 11.9 Å². The molecule has 2 aliphatic rings. The second kappa shape index (κ2) is 5.50. The molecule has 0 unspecified atom stereocenters. The molecule has 1 saturated carbocycles. The number of hydrogen-bond acceptors (Lipinski definition) is 3. The van der Waals surface area contributed by atoms with Gasteiger partial charge in [-0.05, 0) is 19.9 Å². The molecule has 0 radical (unpaired) electrons. The minimum Gasteiger partial charge on any atom is -0.336 e. The molecule has 0 spiro atoms. The van der Waals surface area contributed by atoms with Crippen molar-refractivity contribution in [2.24, 2.45) is 0 Å². The second-order valence-corrected chi connectivity index (χ2v) is 4.16. The molecular weight excluding hydrogens is 230 g/mol. The van der Waals surface area contributed by atoms with Crippen molar-refractivity contribution in [3.05, 3.63) is 0 Å². The molecule has 1 heterocycles. The highest BCUT2D eigenvalue weighted by Gasteiger charge is 2.36. The van der Waals surface area contributed by atoms with Crippen LogP contribution in [0.2, 0.25) is 0 Å². The van der Waals surface area contributed by atoms with Crippen molar-refractivity contribution in [3.8, 4) is 0 Å². The van der Waals surface area contributed by atoms with Crippen LogP contribution in [0.4, 0.5) is 0 Å². The summed E-state index contributed by atoms with van der Waals surface area (Å²) in [6.07, 6.45) is 2.27. The molecule has 2 amide bonds. The van der Waals surface area contributed by atoms with Crippen molar-refractivity contribution in [3.63, 3.8) is 0 Å². The van der Waals surface area contributed by atoms with Crippen molar-refractivity contribution < 1.29 is 9.59 Å². The molecule has 1 saturated heterocycles. The third kappa shape index (κ3) is 2.86. The molecule has 0 aromatic heterocycles. The van der Waals surface area contributed by atoms with Gasteiger partial charge >= 0.3 is 0 Å². The number of amides is 2. The predicted octanol–water partition coefficient (Wildman–Crippen LogP) is -0.539. The summed E-state index contributed by atoms with van der Waals surface area (Å²) in [4.78, 5) is 26.8. The summed E-state index contributed by atoms with van der Waals surface area (Å²) >= 11 is 0. The van der Waals surface area contributed by atoms with Crippen molar-refractivity contribution in [1.82, 2.24) is 15.1 Å². The highest BCUT2D eigenvalue weighted by Crippen LogP contribution is 2.27. The summed E-state index contributed by atoms with van der Waals surface area (Å²) in [6, 6.07) is 0.471. The van der Waals surface area contributed by atoms with E-state index in [1.807, 2.05) is 4.90 Å². The Kier molecular flexibility index (Phi) is 4.56. The van der Waals surface area contributed by atoms with Gasteiger partial charge in [0.2, 0.25) is 11.8 Å². The van der Waals surface area contributed by atoms with Gasteiger partial charge in [-0.15, -0.1) is 12.4 Å². The highest BCUT2D eigenvalue weighted by molar-refractivity contribution is 5.87. The van der Waals surface area contributed by atoms with Crippen LogP contribution in [0.25, 0.3) is 0 Å². The lowest BCUT2D eigenvalue weighted by molar-refractivity contribution is -0.145. The molecule has 6 heteroatoms. The van der Waals surface area contributed by atoms with Crippen molar-refractivity contribution in [2.75, 3.05) is 33.2 Å². The lowest BCUT2D eigenvalue weighted by atomic mass is 10.3. The third-order valence-electron chi connectivity index (χ3n) is 2.93. The number of piperazine rings is 1. The number of likely N-dealkylation sites (N-methyl/N-ethyl adjacent to an activating group) is 1. The number of halogens is 1. The fourth-order valence-corrected chi connectivity index (χ4v) is 1.93. The van der Waals surface area contributed by atoms with E-state index < -0.39 is 0 Å². The van der Waals surface area contributed by atoms with Gasteiger partial charge in [0.1, 0.15) is 0 Å². The SMILES string of the molecule is CNCC(=O)N1CCN(C2CC2)C(=O)C1.Cl. The minimum absolute atomic E-state index is 0. The lowest BCUT2D eigenvalue weighted by Gasteiger charge is -2.34. The average molecular weight is 248 g/mol. The maximum Gasteiger partial charge on any atom is 0.242 e. The first-order chi connectivity index (χ1) is 7.22. The van der Waals surface area contributed by atoms with Crippen LogP contribution in [0.5, 0.6) is 0 Å². The van der Waals surface area contributed by atoms with Crippen LogP contribution in [0, 0.1) is 0 Å². The maximum atomic E-state index is 11.7. The van der Waals surface area contributed by atoms with E-state index in [2.05, 4.69) is 5.32 Å². The van der Waals surface area contributed by atoms with Crippen LogP contribution in [-0.4, -0.2) is 60.9 Å². The summed E-state index contributed by atoms with van der Waals surface area (Å²) in [5.74, 6) is 0.120. The summed E-state index contributed by atoms with van der Waals surface area (Å²) in [6.45, 7) is 1.97. The first-order valence-electron chi connectivity index (χ1n) is 5.44. The van der Waals surface area contributed by atoms with Crippen LogP contribution < -0.4 is 5.32 Å². The number of rotatable bonds is 3. The summed E-state index contributed by atoms with van der Waals surface area (Å²) in [5.41, 5.74) is 0. The summed E-state index contributed by atoms with van der Waals surface area (Å²) in [7, 11) is 1.74. The first kappa shape index (κ1) is 13.3. The van der Waals surface area contributed by atoms with Gasteiger partial charge in [0.05, 0.1) is 13.1 Å². The predicted molar refractivity (Wildman–Crippen MR) is 62.5 cm³/mol. The monoisotopic (exact) mass is 247 g/mol. The van der Waals surface area contributed by atoms with Crippen LogP contribution in [0.15, 0.2) is 0 Å². The Morgan fingerprint density at radius 3 is 2.62 bits per heavy atom. The minimum atomic E-state index is 0. The Labute approximate surface area is 102 Å². The van der Waals surface area contributed by atoms with Crippen molar-refractivity contribution >= 4 is 24.2 Å². The Morgan fingerprint density at radius 2 is 2.12 bits per heavy atom. The summed E-state index contributed by atoms with van der Waals surface area (Å²) < 4.78 is 0. The van der Waals surface area contributed by atoms with Gasteiger partial charge in [0, 0.05) is 19.1 Å². The number of hydrogen-bond donors (Lipinski definition) is 1. The average Bonchev–Trinajstić information content (AvgIpc) is 3.01. The highest BCUT2D eigenvalue weighted by atomic mass is 35.5.